The Morgan fingerprint density at radius 1 is 1.11 bits per heavy atom. The quantitative estimate of drug-likeness (QED) is 0.667. The second kappa shape index (κ2) is 7.05. The maximum absolute atomic E-state index is 12.8. The van der Waals surface area contributed by atoms with Crippen LogP contribution in [-0.2, 0) is 25.7 Å². The summed E-state index contributed by atoms with van der Waals surface area (Å²) >= 11 is 0.626. The molecule has 1 aromatic carbocycles. The van der Waals surface area contributed by atoms with Crippen molar-refractivity contribution >= 4 is 17.3 Å². The molecule has 0 saturated heterocycles. The summed E-state index contributed by atoms with van der Waals surface area (Å²) in [5.41, 5.74) is 1.95. The number of thiophene rings is 1. The molecule has 0 saturated carbocycles. The van der Waals surface area contributed by atoms with Crippen LogP contribution in [-0.4, -0.2) is 21.1 Å². The first-order chi connectivity index (χ1) is 13.3. The number of benzene rings is 1. The maximum Gasteiger partial charge on any atom is 0.425 e. The van der Waals surface area contributed by atoms with Crippen LogP contribution in [0.2, 0.25) is 0 Å². The Balaban J connectivity index is 1.58. The maximum atomic E-state index is 12.8. The van der Waals surface area contributed by atoms with Gasteiger partial charge in [0.15, 0.2) is 0 Å². The molecule has 0 fully saturated rings. The van der Waals surface area contributed by atoms with E-state index in [4.69, 9.17) is 0 Å². The fourth-order valence-electron chi connectivity index (χ4n) is 3.28. The van der Waals surface area contributed by atoms with Crippen molar-refractivity contribution in [1.29, 1.82) is 0 Å². The Hall–Kier alpha value is -2.68. The monoisotopic (exact) mass is 406 g/mol. The number of hydrogen-bond donors (Lipinski definition) is 0. The van der Waals surface area contributed by atoms with Crippen molar-refractivity contribution in [2.45, 2.75) is 32.6 Å². The zero-order valence-corrected chi connectivity index (χ0v) is 15.8. The van der Waals surface area contributed by atoms with Gasteiger partial charge in [-0.15, -0.1) is 11.3 Å². The van der Waals surface area contributed by atoms with Crippen LogP contribution in [0.15, 0.2) is 41.2 Å². The highest BCUT2D eigenvalue weighted by Crippen LogP contribution is 2.34. The van der Waals surface area contributed by atoms with E-state index >= 15 is 0 Å². The minimum atomic E-state index is -4.38. The molecule has 0 bridgehead atoms. The number of anilines is 1. The fraction of sp³-hybridized carbons (Fsp3) is 0.316. The highest BCUT2D eigenvalue weighted by Gasteiger charge is 2.32. The lowest BCUT2D eigenvalue weighted by atomic mass is 10.0. The van der Waals surface area contributed by atoms with Crippen molar-refractivity contribution in [3.63, 3.8) is 0 Å². The summed E-state index contributed by atoms with van der Waals surface area (Å²) in [6, 6.07) is 10.5. The number of hydrogen-bond acceptors (Lipinski definition) is 5. The molecule has 1 aliphatic heterocycles. The molecule has 3 aromatic rings. The molecule has 9 heteroatoms. The second-order valence-corrected chi connectivity index (χ2v) is 7.81. The fourth-order valence-corrected chi connectivity index (χ4v) is 4.14. The van der Waals surface area contributed by atoms with Gasteiger partial charge in [0.1, 0.15) is 10.7 Å². The van der Waals surface area contributed by atoms with Gasteiger partial charge in [0.2, 0.25) is 5.95 Å². The average molecular weight is 406 g/mol. The summed E-state index contributed by atoms with van der Waals surface area (Å²) in [5, 5.41) is 0. The van der Waals surface area contributed by atoms with E-state index < -0.39 is 16.7 Å². The first kappa shape index (κ1) is 18.7. The Bertz CT molecular complexity index is 1070. The minimum Gasteiger partial charge on any atom is -0.336 e. The normalized spacial score (nSPS) is 14.2. The van der Waals surface area contributed by atoms with Gasteiger partial charge in [0.05, 0.1) is 6.54 Å². The molecule has 3 heterocycles. The average Bonchev–Trinajstić information content (AvgIpc) is 3.13. The summed E-state index contributed by atoms with van der Waals surface area (Å²) in [7, 11) is 0. The first-order valence-corrected chi connectivity index (χ1v) is 9.56. The first-order valence-electron chi connectivity index (χ1n) is 8.74. The van der Waals surface area contributed by atoms with Gasteiger partial charge in [0.25, 0.3) is 0 Å². The van der Waals surface area contributed by atoms with Crippen LogP contribution in [0, 0.1) is 6.92 Å². The Kier molecular flexibility index (Phi) is 4.70. The highest BCUT2D eigenvalue weighted by molar-refractivity contribution is 7.12. The number of alkyl halides is 3. The lowest BCUT2D eigenvalue weighted by Gasteiger charge is -2.29. The molecule has 4 rings (SSSR count). The lowest BCUT2D eigenvalue weighted by molar-refractivity contribution is -0.134. The molecule has 0 atom stereocenters. The standard InChI is InChI=1S/C19H17F3N4OS/c1-12-23-17(25-9-8-13-4-2-3-5-14(13)10-25)24-18(27)26(12)11-15-6-7-16(28-15)19(20,21)22/h2-7H,8-11H2,1H3. The second-order valence-electron chi connectivity index (χ2n) is 6.64. The Morgan fingerprint density at radius 3 is 2.54 bits per heavy atom. The van der Waals surface area contributed by atoms with E-state index in [9.17, 15) is 18.0 Å². The molecule has 146 valence electrons. The predicted molar refractivity (Wildman–Crippen MR) is 101 cm³/mol. The van der Waals surface area contributed by atoms with Crippen molar-refractivity contribution < 1.29 is 13.2 Å². The van der Waals surface area contributed by atoms with Crippen LogP contribution >= 0.6 is 11.3 Å². The summed E-state index contributed by atoms with van der Waals surface area (Å²) in [5.74, 6) is 0.784. The third kappa shape index (κ3) is 3.66. The summed E-state index contributed by atoms with van der Waals surface area (Å²) in [6.45, 7) is 3.02. The minimum absolute atomic E-state index is 0.0223. The number of rotatable bonds is 3. The number of halogens is 3. The van der Waals surface area contributed by atoms with E-state index in [0.29, 0.717) is 41.1 Å². The molecule has 2 aromatic heterocycles. The Morgan fingerprint density at radius 2 is 1.86 bits per heavy atom. The third-order valence-electron chi connectivity index (χ3n) is 4.75. The van der Waals surface area contributed by atoms with E-state index in [1.165, 1.54) is 21.8 Å². The molecule has 5 nitrogen and oxygen atoms in total. The van der Waals surface area contributed by atoms with Crippen molar-refractivity contribution in [2.75, 3.05) is 11.4 Å². The topological polar surface area (TPSA) is 51.0 Å². The molecule has 0 aliphatic carbocycles. The molecule has 0 N–H and O–H groups in total. The van der Waals surface area contributed by atoms with Crippen molar-refractivity contribution in [2.24, 2.45) is 0 Å². The van der Waals surface area contributed by atoms with E-state index in [-0.39, 0.29) is 6.54 Å². The van der Waals surface area contributed by atoms with Gasteiger partial charge in [-0.2, -0.15) is 23.1 Å². The van der Waals surface area contributed by atoms with E-state index in [0.717, 1.165) is 12.5 Å². The van der Waals surface area contributed by atoms with Gasteiger partial charge in [-0.3, -0.25) is 4.57 Å². The number of aryl methyl sites for hydroxylation is 1. The molecule has 28 heavy (non-hydrogen) atoms. The summed E-state index contributed by atoms with van der Waals surface area (Å²) in [6.07, 6.45) is -3.54. The molecule has 0 radical (unpaired) electrons. The van der Waals surface area contributed by atoms with Gasteiger partial charge < -0.3 is 4.90 Å². The largest absolute Gasteiger partial charge is 0.425 e. The van der Waals surface area contributed by atoms with Gasteiger partial charge in [-0.25, -0.2) is 4.79 Å². The third-order valence-corrected chi connectivity index (χ3v) is 5.86. The van der Waals surface area contributed by atoms with Gasteiger partial charge in [-0.1, -0.05) is 24.3 Å². The van der Waals surface area contributed by atoms with Gasteiger partial charge in [-0.05, 0) is 36.6 Å². The van der Waals surface area contributed by atoms with Crippen molar-refractivity contribution in [3.05, 3.63) is 73.6 Å². The molecule has 0 spiro atoms. The van der Waals surface area contributed by atoms with Crippen molar-refractivity contribution in [3.8, 4) is 0 Å². The van der Waals surface area contributed by atoms with E-state index in [1.54, 1.807) is 6.92 Å². The summed E-state index contributed by atoms with van der Waals surface area (Å²) < 4.78 is 39.6. The van der Waals surface area contributed by atoms with E-state index in [2.05, 4.69) is 16.0 Å². The molecular weight excluding hydrogens is 389 g/mol. The highest BCUT2D eigenvalue weighted by atomic mass is 32.1. The van der Waals surface area contributed by atoms with Crippen LogP contribution in [0.3, 0.4) is 0 Å². The zero-order chi connectivity index (χ0) is 19.9. The zero-order valence-electron chi connectivity index (χ0n) is 15.0. The molecule has 0 unspecified atom stereocenters. The van der Waals surface area contributed by atoms with Crippen LogP contribution in [0.25, 0.3) is 0 Å². The SMILES string of the molecule is Cc1nc(N2CCc3ccccc3C2)nc(=O)n1Cc1ccc(C(F)(F)F)s1. The van der Waals surface area contributed by atoms with Crippen LogP contribution in [0.1, 0.15) is 26.7 Å². The van der Waals surface area contributed by atoms with Crippen LogP contribution in [0.5, 0.6) is 0 Å². The molecular formula is C19H17F3N4OS. The van der Waals surface area contributed by atoms with Crippen molar-refractivity contribution in [1.82, 2.24) is 14.5 Å². The number of fused-ring (bicyclic) bond motifs is 1. The van der Waals surface area contributed by atoms with E-state index in [1.807, 2.05) is 23.1 Å². The number of nitrogens with zero attached hydrogens (tertiary/aromatic N) is 4. The summed E-state index contributed by atoms with van der Waals surface area (Å²) in [4.78, 5) is 22.8. The van der Waals surface area contributed by atoms with Crippen LogP contribution in [0.4, 0.5) is 19.1 Å². The molecule has 1 aliphatic rings. The molecule has 0 amide bonds. The Labute approximate surface area is 163 Å². The van der Waals surface area contributed by atoms with Crippen LogP contribution < -0.4 is 10.6 Å². The lowest BCUT2D eigenvalue weighted by Crippen LogP contribution is -2.36. The van der Waals surface area contributed by atoms with Gasteiger partial charge in [0, 0.05) is 18.0 Å². The smallest absolute Gasteiger partial charge is 0.336 e. The number of aromatic nitrogens is 3. The predicted octanol–water partition coefficient (Wildman–Crippen LogP) is 3.64. The van der Waals surface area contributed by atoms with Gasteiger partial charge >= 0.3 is 11.9 Å².